The summed E-state index contributed by atoms with van der Waals surface area (Å²) in [4.78, 5) is 17.3. The highest BCUT2D eigenvalue weighted by molar-refractivity contribution is 6.11. The number of ether oxygens (including phenoxy) is 3. The standard InChI is InChI=1S/C29H29FN6O5/c1-16(2)36-15-20(17-5-7-18(30)8-6-17)28(37)27(35-36)29(38)34-25(31)9-10-26(32)41-22-11-12-33-21-14-24(40-4)23(39-3)13-19(21)22/h5-16,32,35,37H,1-4H3,(H2,31,34,38). The fourth-order valence-corrected chi connectivity index (χ4v) is 3.90. The molecule has 11 nitrogen and oxygen atoms in total. The lowest BCUT2D eigenvalue weighted by atomic mass is 10.0. The third-order valence-electron chi connectivity index (χ3n) is 6.02. The van der Waals surface area contributed by atoms with Crippen LogP contribution in [0.25, 0.3) is 16.5 Å². The van der Waals surface area contributed by atoms with Gasteiger partial charge in [-0.15, -0.1) is 0 Å². The van der Waals surface area contributed by atoms with Gasteiger partial charge in [-0.05, 0) is 49.8 Å². The molecular weight excluding hydrogens is 531 g/mol. The first-order valence-corrected chi connectivity index (χ1v) is 12.4. The monoisotopic (exact) mass is 560 g/mol. The van der Waals surface area contributed by atoms with E-state index in [4.69, 9.17) is 25.0 Å². The van der Waals surface area contributed by atoms with Crippen LogP contribution in [0.5, 0.6) is 17.2 Å². The molecule has 1 aliphatic heterocycles. The van der Waals surface area contributed by atoms with Crippen LogP contribution in [0, 0.1) is 16.6 Å². The summed E-state index contributed by atoms with van der Waals surface area (Å²) in [6.45, 7) is 3.75. The Kier molecular flexibility index (Phi) is 8.51. The largest absolute Gasteiger partial charge is 0.505 e. The lowest BCUT2D eigenvalue weighted by Gasteiger charge is -2.32. The van der Waals surface area contributed by atoms with Gasteiger partial charge in [-0.2, -0.15) is 0 Å². The van der Waals surface area contributed by atoms with Crippen LogP contribution in [-0.4, -0.2) is 53.0 Å². The number of nitrogens with one attached hydrogen (secondary N) is 4. The number of amides is 1. The molecule has 0 radical (unpaired) electrons. The molecule has 12 heteroatoms. The first-order chi connectivity index (χ1) is 19.6. The Morgan fingerprint density at radius 2 is 1.76 bits per heavy atom. The van der Waals surface area contributed by atoms with Crippen molar-refractivity contribution in [1.82, 2.24) is 20.7 Å². The molecule has 0 spiro atoms. The number of allylic oxidation sites excluding steroid dienone is 1. The fraction of sp³-hybridized carbons (Fsp3) is 0.172. The number of pyridine rings is 1. The number of halogens is 1. The van der Waals surface area contributed by atoms with Crippen molar-refractivity contribution in [3.63, 3.8) is 0 Å². The van der Waals surface area contributed by atoms with E-state index in [1.165, 1.54) is 56.8 Å². The molecule has 2 aromatic carbocycles. The third-order valence-corrected chi connectivity index (χ3v) is 6.02. The lowest BCUT2D eigenvalue weighted by Crippen LogP contribution is -2.46. The normalized spacial score (nSPS) is 13.2. The number of aromatic nitrogens is 1. The topological polar surface area (TPSA) is 153 Å². The van der Waals surface area contributed by atoms with Gasteiger partial charge < -0.3 is 24.6 Å². The molecule has 0 bridgehead atoms. The Labute approximate surface area is 235 Å². The number of carbonyl (C=O) groups is 1. The molecule has 0 fully saturated rings. The summed E-state index contributed by atoms with van der Waals surface area (Å²) in [7, 11) is 3.02. The average molecular weight is 561 g/mol. The zero-order valence-corrected chi connectivity index (χ0v) is 22.8. The SMILES string of the molecule is COc1cc2nccc(OC(=N)C=CC(=N)NC(=O)C3=C(O)C(c4ccc(F)cc4)=CN(C(C)C)N3)c2cc1OC. The van der Waals surface area contributed by atoms with Crippen LogP contribution in [0.2, 0.25) is 0 Å². The summed E-state index contributed by atoms with van der Waals surface area (Å²) in [5.74, 6) is -0.962. The molecular formula is C29H29FN6O5. The molecule has 0 aliphatic carbocycles. The predicted molar refractivity (Wildman–Crippen MR) is 152 cm³/mol. The molecule has 41 heavy (non-hydrogen) atoms. The van der Waals surface area contributed by atoms with Crippen molar-refractivity contribution in [3.05, 3.63) is 89.9 Å². The second-order valence-electron chi connectivity index (χ2n) is 9.09. The zero-order chi connectivity index (χ0) is 29.7. The molecule has 2 heterocycles. The highest BCUT2D eigenvalue weighted by Gasteiger charge is 2.27. The lowest BCUT2D eigenvalue weighted by molar-refractivity contribution is -0.117. The van der Waals surface area contributed by atoms with E-state index in [-0.39, 0.29) is 29.2 Å². The van der Waals surface area contributed by atoms with Gasteiger partial charge >= 0.3 is 0 Å². The van der Waals surface area contributed by atoms with Crippen LogP contribution >= 0.6 is 0 Å². The van der Waals surface area contributed by atoms with Crippen LogP contribution in [0.15, 0.2) is 78.5 Å². The third kappa shape index (κ3) is 6.44. The summed E-state index contributed by atoms with van der Waals surface area (Å²) in [5, 5.41) is 31.8. The second-order valence-corrected chi connectivity index (χ2v) is 9.09. The molecule has 0 atom stereocenters. The number of methoxy groups -OCH3 is 2. The van der Waals surface area contributed by atoms with Gasteiger partial charge in [-0.25, -0.2) is 4.39 Å². The minimum Gasteiger partial charge on any atom is -0.505 e. The number of aliphatic hydroxyl groups is 1. The number of fused-ring (bicyclic) bond motifs is 1. The number of hydrogen-bond donors (Lipinski definition) is 5. The number of hydrogen-bond acceptors (Lipinski definition) is 10. The Morgan fingerprint density at radius 3 is 2.41 bits per heavy atom. The van der Waals surface area contributed by atoms with Crippen LogP contribution in [0.3, 0.4) is 0 Å². The van der Waals surface area contributed by atoms with Gasteiger partial charge in [-0.1, -0.05) is 12.1 Å². The average Bonchev–Trinajstić information content (AvgIpc) is 2.96. The number of rotatable bonds is 8. The van der Waals surface area contributed by atoms with Gasteiger partial charge in [-0.3, -0.25) is 31.0 Å². The summed E-state index contributed by atoms with van der Waals surface area (Å²) >= 11 is 0. The number of aliphatic hydroxyl groups excluding tert-OH is 1. The molecule has 4 rings (SSSR count). The Morgan fingerprint density at radius 1 is 1.07 bits per heavy atom. The number of hydrazine groups is 1. The molecule has 0 saturated heterocycles. The molecule has 1 aliphatic rings. The van der Waals surface area contributed by atoms with Gasteiger partial charge in [0, 0.05) is 41.5 Å². The van der Waals surface area contributed by atoms with E-state index in [0.717, 1.165) is 0 Å². The minimum atomic E-state index is -0.788. The van der Waals surface area contributed by atoms with Crippen LogP contribution in [0.4, 0.5) is 4.39 Å². The first kappa shape index (κ1) is 28.6. The van der Waals surface area contributed by atoms with Crippen molar-refractivity contribution < 1.29 is 28.5 Å². The van der Waals surface area contributed by atoms with E-state index < -0.39 is 11.7 Å². The van der Waals surface area contributed by atoms with Crippen molar-refractivity contribution in [2.24, 2.45) is 0 Å². The maximum atomic E-state index is 13.4. The van der Waals surface area contributed by atoms with Crippen molar-refractivity contribution >= 4 is 34.1 Å². The van der Waals surface area contributed by atoms with Crippen molar-refractivity contribution in [3.8, 4) is 17.2 Å². The fourth-order valence-electron chi connectivity index (χ4n) is 3.90. The molecule has 3 aromatic rings. The first-order valence-electron chi connectivity index (χ1n) is 12.4. The molecule has 1 aromatic heterocycles. The number of carbonyl (C=O) groups excluding carboxylic acids is 1. The smallest absolute Gasteiger partial charge is 0.278 e. The van der Waals surface area contributed by atoms with Crippen molar-refractivity contribution in [2.45, 2.75) is 19.9 Å². The van der Waals surface area contributed by atoms with Crippen molar-refractivity contribution in [1.29, 1.82) is 10.8 Å². The summed E-state index contributed by atoms with van der Waals surface area (Å²) < 4.78 is 29.7. The van der Waals surface area contributed by atoms with E-state index in [0.29, 0.717) is 39.3 Å². The van der Waals surface area contributed by atoms with E-state index >= 15 is 0 Å². The zero-order valence-electron chi connectivity index (χ0n) is 22.8. The van der Waals surface area contributed by atoms with Crippen LogP contribution < -0.4 is 25.0 Å². The van der Waals surface area contributed by atoms with E-state index in [1.54, 1.807) is 29.4 Å². The van der Waals surface area contributed by atoms with Crippen LogP contribution in [-0.2, 0) is 4.79 Å². The Hall–Kier alpha value is -5.39. The summed E-state index contributed by atoms with van der Waals surface area (Å²) in [5.41, 5.74) is 4.01. The molecule has 0 saturated carbocycles. The van der Waals surface area contributed by atoms with E-state index in [2.05, 4.69) is 15.7 Å². The molecule has 212 valence electrons. The Bertz CT molecular complexity index is 1600. The molecule has 0 unspecified atom stereocenters. The minimum absolute atomic E-state index is 0.108. The van der Waals surface area contributed by atoms with E-state index in [9.17, 15) is 14.3 Å². The van der Waals surface area contributed by atoms with Gasteiger partial charge in [0.15, 0.2) is 23.0 Å². The van der Waals surface area contributed by atoms with Gasteiger partial charge in [0.1, 0.15) is 17.4 Å². The number of nitrogens with zero attached hydrogens (tertiary/aromatic N) is 2. The molecule has 5 N–H and O–H groups in total. The molecule has 1 amide bonds. The summed E-state index contributed by atoms with van der Waals surface area (Å²) in [6, 6.07) is 10.3. The van der Waals surface area contributed by atoms with Gasteiger partial charge in [0.05, 0.1) is 19.7 Å². The highest BCUT2D eigenvalue weighted by Crippen LogP contribution is 2.35. The number of amidine groups is 1. The highest BCUT2D eigenvalue weighted by atomic mass is 19.1. The summed E-state index contributed by atoms with van der Waals surface area (Å²) in [6.07, 6.45) is 5.50. The maximum absolute atomic E-state index is 13.4. The van der Waals surface area contributed by atoms with Gasteiger partial charge in [0.25, 0.3) is 5.91 Å². The van der Waals surface area contributed by atoms with Gasteiger partial charge in [0.2, 0.25) is 5.90 Å². The predicted octanol–water partition coefficient (Wildman–Crippen LogP) is 4.44. The van der Waals surface area contributed by atoms with Crippen molar-refractivity contribution in [2.75, 3.05) is 14.2 Å². The quantitative estimate of drug-likeness (QED) is 0.200. The van der Waals surface area contributed by atoms with Crippen LogP contribution in [0.1, 0.15) is 19.4 Å². The number of benzene rings is 2. The Balaban J connectivity index is 1.48. The maximum Gasteiger partial charge on any atom is 0.278 e. The van der Waals surface area contributed by atoms with E-state index in [1.807, 2.05) is 13.8 Å². The second kappa shape index (κ2) is 12.2.